The Labute approximate surface area is 251 Å². The fraction of sp³-hybridized carbons (Fsp3) is 0. The highest BCUT2D eigenvalue weighted by atomic mass is 16.5. The summed E-state index contributed by atoms with van der Waals surface area (Å²) < 4.78 is 15.8. The van der Waals surface area contributed by atoms with Crippen molar-refractivity contribution in [2.24, 2.45) is 0 Å². The largest absolute Gasteiger partial charge is 0.456 e. The first-order valence-corrected chi connectivity index (χ1v) is 14.7. The monoisotopic (exact) mass is 547 g/mol. The smallest absolute Gasteiger partial charge is 0.135 e. The molecule has 1 heteroatoms. The Morgan fingerprint density at radius 1 is 0.349 bits per heavy atom. The molecule has 200 valence electrons. The minimum Gasteiger partial charge on any atom is -0.456 e. The van der Waals surface area contributed by atoms with Gasteiger partial charge in [-0.25, -0.2) is 0 Å². The second-order valence-corrected chi connectivity index (χ2v) is 11.1. The molecule has 0 fully saturated rings. The van der Waals surface area contributed by atoms with E-state index < -0.39 is 0 Å². The Kier molecular flexibility index (Phi) is 5.04. The lowest BCUT2D eigenvalue weighted by Gasteiger charge is -2.24. The molecule has 1 heterocycles. The molecule has 0 saturated carbocycles. The summed E-state index contributed by atoms with van der Waals surface area (Å²) in [4.78, 5) is 0. The van der Waals surface area contributed by atoms with Crippen LogP contribution in [0.3, 0.4) is 0 Å². The Balaban J connectivity index is 1.42. The van der Waals surface area contributed by atoms with Crippen molar-refractivity contribution >= 4 is 32.3 Å². The summed E-state index contributed by atoms with van der Waals surface area (Å²) in [6.07, 6.45) is 0. The van der Waals surface area contributed by atoms with Crippen LogP contribution in [0.25, 0.3) is 76.8 Å². The van der Waals surface area contributed by atoms with E-state index in [-0.39, 0.29) is 0 Å². The average Bonchev–Trinajstić information content (AvgIpc) is 3.08. The van der Waals surface area contributed by atoms with Crippen LogP contribution in [-0.4, -0.2) is 0 Å². The van der Waals surface area contributed by atoms with Crippen LogP contribution in [0, 0.1) is 0 Å². The van der Waals surface area contributed by atoms with Gasteiger partial charge in [0.05, 0.1) is 1.37 Å². The first-order chi connectivity index (χ1) is 21.8. The zero-order valence-corrected chi connectivity index (χ0v) is 23.3. The molecule has 0 unspecified atom stereocenters. The maximum Gasteiger partial charge on any atom is 0.135 e. The van der Waals surface area contributed by atoms with Gasteiger partial charge in [-0.2, -0.15) is 0 Å². The molecule has 1 nitrogen and oxygen atoms in total. The summed E-state index contributed by atoms with van der Waals surface area (Å²) in [5.74, 6) is 1.75. The second-order valence-electron chi connectivity index (χ2n) is 11.1. The number of benzene rings is 8. The van der Waals surface area contributed by atoms with Crippen LogP contribution >= 0.6 is 0 Å². The fourth-order valence-corrected chi connectivity index (χ4v) is 6.99. The Bertz CT molecular complexity index is 2420. The number of hydrogen-bond donors (Lipinski definition) is 0. The Morgan fingerprint density at radius 3 is 1.72 bits per heavy atom. The van der Waals surface area contributed by atoms with Crippen molar-refractivity contribution in [1.29, 1.82) is 0 Å². The van der Waals surface area contributed by atoms with Gasteiger partial charge in [-0.3, -0.25) is 0 Å². The summed E-state index contributed by atoms with van der Waals surface area (Å²) in [6.45, 7) is 0. The molecular weight excluding hydrogens is 520 g/mol. The van der Waals surface area contributed by atoms with Crippen molar-refractivity contribution in [3.8, 4) is 56.0 Å². The lowest BCUT2D eigenvalue weighted by atomic mass is 9.82. The van der Waals surface area contributed by atoms with Crippen molar-refractivity contribution < 1.29 is 6.11 Å². The summed E-state index contributed by atoms with van der Waals surface area (Å²) >= 11 is 0. The minimum absolute atomic E-state index is 0.517. The number of hydrogen-bond acceptors (Lipinski definition) is 1. The quantitative estimate of drug-likeness (QED) is 0.200. The van der Waals surface area contributed by atoms with E-state index in [0.717, 1.165) is 60.7 Å². The van der Waals surface area contributed by atoms with Gasteiger partial charge in [-0.1, -0.05) is 146 Å². The first-order valence-electron chi connectivity index (χ1n) is 15.2. The molecule has 0 amide bonds. The molecule has 0 bridgehead atoms. The van der Waals surface area contributed by atoms with Gasteiger partial charge in [-0.15, -0.1) is 0 Å². The average molecular weight is 548 g/mol. The highest BCUT2D eigenvalue weighted by Crippen LogP contribution is 2.51. The highest BCUT2D eigenvalue weighted by Gasteiger charge is 2.24. The summed E-state index contributed by atoms with van der Waals surface area (Å²) in [5, 5.41) is 6.59. The topological polar surface area (TPSA) is 9.23 Å². The lowest BCUT2D eigenvalue weighted by molar-refractivity contribution is 0.487. The standard InChI is InChI=1S/C42H26O/c1-2-13-27(14-3-1)28-15-4-5-17-30(28)40-31-18-6-8-20-33(31)41(34-21-9-7-19-32(34)40)37-26-25-36-29-16-10-11-23-38(29)43-39-24-12-22-35(37)42(36)39/h1-26H/i20D. The number of fused-ring (bicyclic) bond motifs is 4. The zero-order chi connectivity index (χ0) is 29.2. The molecule has 0 spiro atoms. The van der Waals surface area contributed by atoms with Crippen molar-refractivity contribution in [2.45, 2.75) is 0 Å². The molecule has 8 aromatic carbocycles. The predicted octanol–water partition coefficient (Wildman–Crippen LogP) is 11.9. The molecule has 9 rings (SSSR count). The SMILES string of the molecule is [2H]c1cccc2c(-c3ccccc3-c3ccccc3)c3ccccc3c(-c3ccc4c5c(cccc35)Oc3ccccc3-4)c12. The molecule has 0 aliphatic carbocycles. The molecule has 1 aliphatic heterocycles. The van der Waals surface area contributed by atoms with Gasteiger partial charge in [0.1, 0.15) is 11.5 Å². The van der Waals surface area contributed by atoms with Crippen molar-refractivity contribution in [2.75, 3.05) is 0 Å². The molecule has 1 aliphatic rings. The molecule has 0 atom stereocenters. The van der Waals surface area contributed by atoms with Gasteiger partial charge >= 0.3 is 0 Å². The van der Waals surface area contributed by atoms with Crippen LogP contribution < -0.4 is 4.74 Å². The zero-order valence-electron chi connectivity index (χ0n) is 24.3. The first kappa shape index (κ1) is 23.0. The third-order valence-corrected chi connectivity index (χ3v) is 8.79. The van der Waals surface area contributed by atoms with Gasteiger partial charge in [0.2, 0.25) is 0 Å². The Morgan fingerprint density at radius 2 is 0.907 bits per heavy atom. The van der Waals surface area contributed by atoms with E-state index in [4.69, 9.17) is 4.74 Å². The van der Waals surface area contributed by atoms with Gasteiger partial charge in [0.15, 0.2) is 0 Å². The minimum atomic E-state index is 0.517. The van der Waals surface area contributed by atoms with Crippen molar-refractivity contribution in [3.05, 3.63) is 158 Å². The van der Waals surface area contributed by atoms with E-state index in [1.165, 1.54) is 27.6 Å². The normalized spacial score (nSPS) is 12.2. The van der Waals surface area contributed by atoms with E-state index in [9.17, 15) is 1.37 Å². The summed E-state index contributed by atoms with van der Waals surface area (Å²) in [5.41, 5.74) is 9.16. The molecule has 0 aromatic heterocycles. The van der Waals surface area contributed by atoms with E-state index in [1.54, 1.807) is 0 Å². The van der Waals surface area contributed by atoms with Gasteiger partial charge < -0.3 is 4.74 Å². The van der Waals surface area contributed by atoms with Crippen LogP contribution in [-0.2, 0) is 0 Å². The lowest BCUT2D eigenvalue weighted by Crippen LogP contribution is -1.98. The molecule has 0 saturated heterocycles. The second kappa shape index (κ2) is 9.44. The summed E-state index contributed by atoms with van der Waals surface area (Å²) in [7, 11) is 0. The number of ether oxygens (including phenoxy) is 1. The van der Waals surface area contributed by atoms with Gasteiger partial charge in [0.25, 0.3) is 0 Å². The molecular formula is C42H26O. The fourth-order valence-electron chi connectivity index (χ4n) is 6.99. The van der Waals surface area contributed by atoms with Crippen LogP contribution in [0.2, 0.25) is 0 Å². The van der Waals surface area contributed by atoms with Crippen LogP contribution in [0.5, 0.6) is 11.5 Å². The van der Waals surface area contributed by atoms with Gasteiger partial charge in [0, 0.05) is 10.9 Å². The van der Waals surface area contributed by atoms with E-state index >= 15 is 0 Å². The maximum atomic E-state index is 9.32. The van der Waals surface area contributed by atoms with Crippen LogP contribution in [0.1, 0.15) is 1.37 Å². The maximum absolute atomic E-state index is 9.32. The number of para-hydroxylation sites is 1. The number of rotatable bonds is 3. The molecule has 43 heavy (non-hydrogen) atoms. The van der Waals surface area contributed by atoms with E-state index in [2.05, 4.69) is 127 Å². The van der Waals surface area contributed by atoms with Crippen LogP contribution in [0.4, 0.5) is 0 Å². The van der Waals surface area contributed by atoms with Crippen molar-refractivity contribution in [1.82, 2.24) is 0 Å². The van der Waals surface area contributed by atoms with Gasteiger partial charge in [-0.05, 0) is 78.0 Å². The third-order valence-electron chi connectivity index (χ3n) is 8.79. The Hall–Kier alpha value is -5.66. The predicted molar refractivity (Wildman–Crippen MR) is 181 cm³/mol. The molecule has 8 aromatic rings. The van der Waals surface area contributed by atoms with E-state index in [0.29, 0.717) is 6.04 Å². The van der Waals surface area contributed by atoms with E-state index in [1.807, 2.05) is 24.3 Å². The third kappa shape index (κ3) is 3.58. The highest BCUT2D eigenvalue weighted by molar-refractivity contribution is 6.25. The van der Waals surface area contributed by atoms with Crippen LogP contribution in [0.15, 0.2) is 158 Å². The van der Waals surface area contributed by atoms with Crippen molar-refractivity contribution in [3.63, 3.8) is 0 Å². The molecule has 0 N–H and O–H groups in total. The summed E-state index contributed by atoms with van der Waals surface area (Å²) in [6, 6.07) is 53.6. The molecule has 0 radical (unpaired) electrons.